The molecule has 0 unspecified atom stereocenters. The van der Waals surface area contributed by atoms with E-state index in [2.05, 4.69) is 32.7 Å². The normalized spacial score (nSPS) is 15.1. The Morgan fingerprint density at radius 2 is 1.81 bits per heavy atom. The highest BCUT2D eigenvalue weighted by atomic mass is 35.5. The maximum atomic E-state index is 14.5. The SMILES string of the molecule is O=C(c1n[nH]c(-c2ccc(C#Cc3ccc(C(F)(F)F)cc3)s2)c1CNC(=S)NC1CC1)N(c1ccc(Cl)cc1Cl)N1CCCCC1. The van der Waals surface area contributed by atoms with Gasteiger partial charge in [0.25, 0.3) is 5.91 Å². The van der Waals surface area contributed by atoms with E-state index in [-0.39, 0.29) is 18.1 Å². The average molecular weight is 718 g/mol. The number of nitrogens with one attached hydrogen (secondary N) is 3. The number of carbonyl (C=O) groups is 1. The molecule has 0 spiro atoms. The van der Waals surface area contributed by atoms with Crippen LogP contribution in [-0.2, 0) is 12.7 Å². The summed E-state index contributed by atoms with van der Waals surface area (Å²) >= 11 is 19.7. The van der Waals surface area contributed by atoms with Crippen molar-refractivity contribution >= 4 is 63.5 Å². The van der Waals surface area contributed by atoms with Gasteiger partial charge in [-0.05, 0) is 92.5 Å². The molecule has 4 aromatic rings. The number of aromatic nitrogens is 2. The number of thiocarbonyl (C=S) groups is 1. The number of H-pyrrole nitrogens is 1. The molecule has 3 N–H and O–H groups in total. The smallest absolute Gasteiger partial charge is 0.360 e. The Kier molecular flexibility index (Phi) is 10.1. The molecular formula is C33H29Cl2F3N6OS2. The van der Waals surface area contributed by atoms with Crippen LogP contribution in [0.4, 0.5) is 18.9 Å². The number of rotatable bonds is 7. The molecule has 2 fully saturated rings. The van der Waals surface area contributed by atoms with Crippen LogP contribution in [0.25, 0.3) is 10.6 Å². The fourth-order valence-corrected chi connectivity index (χ4v) is 6.80. The van der Waals surface area contributed by atoms with Gasteiger partial charge in [0, 0.05) is 41.8 Å². The van der Waals surface area contributed by atoms with Crippen LogP contribution in [-0.4, -0.2) is 45.4 Å². The first-order chi connectivity index (χ1) is 22.6. The van der Waals surface area contributed by atoms with Gasteiger partial charge in [-0.2, -0.15) is 18.3 Å². The molecule has 2 aliphatic rings. The molecule has 1 saturated carbocycles. The van der Waals surface area contributed by atoms with Gasteiger partial charge < -0.3 is 10.6 Å². The third-order valence-electron chi connectivity index (χ3n) is 7.75. The Morgan fingerprint density at radius 3 is 2.49 bits per heavy atom. The van der Waals surface area contributed by atoms with Crippen LogP contribution in [0.1, 0.15) is 64.2 Å². The maximum Gasteiger partial charge on any atom is 0.416 e. The average Bonchev–Trinajstić information content (AvgIpc) is 3.56. The second kappa shape index (κ2) is 14.3. The minimum Gasteiger partial charge on any atom is -0.360 e. The first kappa shape index (κ1) is 33.3. The van der Waals surface area contributed by atoms with Crippen LogP contribution in [0.15, 0.2) is 54.6 Å². The molecule has 7 nitrogen and oxygen atoms in total. The Balaban J connectivity index is 1.32. The first-order valence-corrected chi connectivity index (χ1v) is 17.0. The fourth-order valence-electron chi connectivity index (χ4n) is 5.19. The van der Waals surface area contributed by atoms with Crippen molar-refractivity contribution < 1.29 is 18.0 Å². The van der Waals surface area contributed by atoms with Gasteiger partial charge in [-0.1, -0.05) is 41.5 Å². The monoisotopic (exact) mass is 716 g/mol. The van der Waals surface area contributed by atoms with Crippen LogP contribution >= 0.6 is 46.8 Å². The summed E-state index contributed by atoms with van der Waals surface area (Å²) in [5.41, 5.74) is 1.70. The summed E-state index contributed by atoms with van der Waals surface area (Å²) < 4.78 is 38.8. The minimum atomic E-state index is -4.41. The van der Waals surface area contributed by atoms with Gasteiger partial charge in [-0.25, -0.2) is 10.0 Å². The molecule has 1 aliphatic heterocycles. The number of benzene rings is 2. The molecule has 47 heavy (non-hydrogen) atoms. The van der Waals surface area contributed by atoms with E-state index in [1.165, 1.54) is 23.5 Å². The minimum absolute atomic E-state index is 0.212. The van der Waals surface area contributed by atoms with E-state index >= 15 is 0 Å². The second-order valence-corrected chi connectivity index (χ2v) is 13.6. The summed E-state index contributed by atoms with van der Waals surface area (Å²) in [7, 11) is 0. The topological polar surface area (TPSA) is 76.3 Å². The van der Waals surface area contributed by atoms with Crippen molar-refractivity contribution in [2.24, 2.45) is 0 Å². The van der Waals surface area contributed by atoms with E-state index < -0.39 is 11.7 Å². The summed E-state index contributed by atoms with van der Waals surface area (Å²) in [6.07, 6.45) is 0.641. The van der Waals surface area contributed by atoms with E-state index in [1.54, 1.807) is 23.2 Å². The third-order valence-corrected chi connectivity index (χ3v) is 9.57. The van der Waals surface area contributed by atoms with E-state index in [4.69, 9.17) is 35.4 Å². The lowest BCUT2D eigenvalue weighted by atomic mass is 10.1. The van der Waals surface area contributed by atoms with Gasteiger partial charge in [0.15, 0.2) is 10.8 Å². The lowest BCUT2D eigenvalue weighted by Gasteiger charge is -2.37. The molecule has 6 rings (SSSR count). The second-order valence-electron chi connectivity index (χ2n) is 11.2. The summed E-state index contributed by atoms with van der Waals surface area (Å²) in [5, 5.41) is 19.0. The zero-order valence-electron chi connectivity index (χ0n) is 24.9. The number of thiophene rings is 1. The highest BCUT2D eigenvalue weighted by Crippen LogP contribution is 2.35. The molecule has 244 valence electrons. The lowest BCUT2D eigenvalue weighted by Crippen LogP contribution is -2.49. The molecule has 2 aromatic heterocycles. The molecule has 3 heterocycles. The van der Waals surface area contributed by atoms with E-state index in [9.17, 15) is 18.0 Å². The number of aromatic amines is 1. The zero-order chi connectivity index (χ0) is 33.1. The number of anilines is 1. The standard InChI is InChI=1S/C33H29Cl2F3N6OS2/c34-22-9-14-27(26(35)18-22)44(43-16-2-1-3-17-43)31(45)30-25(19-39-32(46)40-23-10-11-23)29(41-42-30)28-15-13-24(47-28)12-6-20-4-7-21(8-5-20)33(36,37)38/h4-5,7-9,13-15,18,23H,1-3,10-11,16-17,19H2,(H,41,42)(H2,39,40,46). The van der Waals surface area contributed by atoms with Gasteiger partial charge in [-0.3, -0.25) is 9.89 Å². The van der Waals surface area contributed by atoms with E-state index in [1.807, 2.05) is 17.1 Å². The Labute approximate surface area is 289 Å². The molecule has 0 radical (unpaired) electrons. The molecule has 0 atom stereocenters. The van der Waals surface area contributed by atoms with Crippen LogP contribution in [0.5, 0.6) is 0 Å². The van der Waals surface area contributed by atoms with Crippen LogP contribution < -0.4 is 15.6 Å². The predicted molar refractivity (Wildman–Crippen MR) is 184 cm³/mol. The van der Waals surface area contributed by atoms with Crippen molar-refractivity contribution in [3.05, 3.63) is 91.9 Å². The van der Waals surface area contributed by atoms with Crippen molar-refractivity contribution in [3.63, 3.8) is 0 Å². The molecular weight excluding hydrogens is 688 g/mol. The van der Waals surface area contributed by atoms with Crippen LogP contribution in [0.2, 0.25) is 10.0 Å². The molecule has 0 bridgehead atoms. The quantitative estimate of drug-likeness (QED) is 0.133. The Bertz CT molecular complexity index is 1840. The molecule has 1 aliphatic carbocycles. The molecule has 14 heteroatoms. The van der Waals surface area contributed by atoms with Gasteiger partial charge in [-0.15, -0.1) is 11.3 Å². The number of piperidine rings is 1. The van der Waals surface area contributed by atoms with Crippen molar-refractivity contribution in [1.82, 2.24) is 25.8 Å². The number of carbonyl (C=O) groups excluding carboxylic acids is 1. The highest BCUT2D eigenvalue weighted by molar-refractivity contribution is 7.80. The summed E-state index contributed by atoms with van der Waals surface area (Å²) in [4.78, 5) is 15.9. The molecule has 1 amide bonds. The van der Waals surface area contributed by atoms with Crippen molar-refractivity contribution in [1.29, 1.82) is 0 Å². The van der Waals surface area contributed by atoms with E-state index in [0.29, 0.717) is 61.7 Å². The number of nitrogens with zero attached hydrogens (tertiary/aromatic N) is 3. The number of hydrazine groups is 1. The van der Waals surface area contributed by atoms with E-state index in [0.717, 1.165) is 49.1 Å². The molecule has 1 saturated heterocycles. The predicted octanol–water partition coefficient (Wildman–Crippen LogP) is 8.04. The van der Waals surface area contributed by atoms with Crippen molar-refractivity contribution in [3.8, 4) is 22.4 Å². The van der Waals surface area contributed by atoms with Crippen molar-refractivity contribution in [2.45, 2.75) is 50.9 Å². The third kappa shape index (κ3) is 8.11. The largest absolute Gasteiger partial charge is 0.416 e. The van der Waals surface area contributed by atoms with Crippen molar-refractivity contribution in [2.75, 3.05) is 18.1 Å². The Morgan fingerprint density at radius 1 is 1.06 bits per heavy atom. The number of halogens is 5. The number of amides is 1. The first-order valence-electron chi connectivity index (χ1n) is 15.0. The maximum absolute atomic E-state index is 14.5. The zero-order valence-corrected chi connectivity index (χ0v) is 28.0. The lowest BCUT2D eigenvalue weighted by molar-refractivity contribution is -0.137. The number of hydrogen-bond acceptors (Lipinski definition) is 5. The van der Waals surface area contributed by atoms with Crippen LogP contribution in [0, 0.1) is 11.8 Å². The Hall–Kier alpha value is -3.60. The van der Waals surface area contributed by atoms with Gasteiger partial charge in [0.05, 0.1) is 31.7 Å². The number of hydrogen-bond donors (Lipinski definition) is 3. The summed E-state index contributed by atoms with van der Waals surface area (Å²) in [6.45, 7) is 1.58. The summed E-state index contributed by atoms with van der Waals surface area (Å²) in [6, 6.07) is 13.8. The van der Waals surface area contributed by atoms with Crippen LogP contribution in [0.3, 0.4) is 0 Å². The number of alkyl halides is 3. The fraction of sp³-hybridized carbons (Fsp3) is 0.303. The van der Waals surface area contributed by atoms with Gasteiger partial charge in [0.2, 0.25) is 0 Å². The van der Waals surface area contributed by atoms with Gasteiger partial charge >= 0.3 is 6.18 Å². The highest BCUT2D eigenvalue weighted by Gasteiger charge is 2.33. The summed E-state index contributed by atoms with van der Waals surface area (Å²) in [5.74, 6) is 5.60. The molecule has 2 aromatic carbocycles. The van der Waals surface area contributed by atoms with Gasteiger partial charge in [0.1, 0.15) is 0 Å².